The van der Waals surface area contributed by atoms with Gasteiger partial charge in [0.1, 0.15) is 0 Å². The highest BCUT2D eigenvalue weighted by molar-refractivity contribution is 5.89. The normalized spacial score (nSPS) is 9.29. The first kappa shape index (κ1) is 12.1. The molecule has 1 rings (SSSR count). The van der Waals surface area contributed by atoms with Crippen LogP contribution in [0.3, 0.4) is 0 Å². The van der Waals surface area contributed by atoms with Crippen LogP contribution in [0.1, 0.15) is 15.9 Å². The van der Waals surface area contributed by atoms with E-state index in [1.165, 1.54) is 18.3 Å². The molecule has 0 spiro atoms. The van der Waals surface area contributed by atoms with E-state index in [1.54, 1.807) is 12.1 Å². The van der Waals surface area contributed by atoms with Gasteiger partial charge in [-0.3, -0.25) is 11.7 Å². The van der Waals surface area contributed by atoms with Gasteiger partial charge in [-0.25, -0.2) is 4.79 Å². The Labute approximate surface area is 81.0 Å². The van der Waals surface area contributed by atoms with Crippen molar-refractivity contribution >= 4 is 12.2 Å². The van der Waals surface area contributed by atoms with E-state index in [0.29, 0.717) is 0 Å². The second-order valence-electron chi connectivity index (χ2n) is 2.21. The number of aromatic carboxylic acids is 1. The van der Waals surface area contributed by atoms with Crippen molar-refractivity contribution in [3.63, 3.8) is 0 Å². The molecular weight excluding hydrogens is 184 g/mol. The number of carboxylic acid groups (broad SMARTS) is 1. The van der Waals surface area contributed by atoms with Gasteiger partial charge in [-0.1, -0.05) is 12.1 Å². The minimum atomic E-state index is -0.939. The van der Waals surface area contributed by atoms with Crippen LogP contribution in [0.2, 0.25) is 0 Å². The largest absolute Gasteiger partial charge is 0.478 e. The molecule has 0 bridgehead atoms. The molecule has 0 atom stereocenters. The monoisotopic (exact) mass is 196 g/mol. The lowest BCUT2D eigenvalue weighted by Crippen LogP contribution is -2.02. The van der Waals surface area contributed by atoms with Gasteiger partial charge in [-0.2, -0.15) is 5.10 Å². The Hall–Kier alpha value is -1.92. The third kappa shape index (κ3) is 3.65. The van der Waals surface area contributed by atoms with Crippen LogP contribution in [0.15, 0.2) is 29.4 Å². The number of hydrogen-bond donors (Lipinski definition) is 4. The second kappa shape index (κ2) is 6.58. The summed E-state index contributed by atoms with van der Waals surface area (Å²) < 4.78 is 0. The summed E-state index contributed by atoms with van der Waals surface area (Å²) in [5.41, 5.74) is 1.03. The Kier molecular flexibility index (Phi) is 5.68. The van der Waals surface area contributed by atoms with Crippen molar-refractivity contribution in [1.82, 2.24) is 0 Å². The standard InChI is InChI=1S/C8H8N2O2.H4N2/c9-10-5-6-1-3-7(4-2-6)8(11)12;1-2/h1-5H,9H2,(H,11,12);1-2H2/b10-5-;. The van der Waals surface area contributed by atoms with Gasteiger partial charge in [-0.05, 0) is 17.7 Å². The van der Waals surface area contributed by atoms with E-state index in [0.717, 1.165) is 5.56 Å². The molecule has 1 aromatic carbocycles. The first-order valence-electron chi connectivity index (χ1n) is 3.64. The van der Waals surface area contributed by atoms with E-state index >= 15 is 0 Å². The van der Waals surface area contributed by atoms with Crippen LogP contribution in [0, 0.1) is 0 Å². The molecule has 0 aromatic heterocycles. The summed E-state index contributed by atoms with van der Waals surface area (Å²) in [6, 6.07) is 6.28. The van der Waals surface area contributed by atoms with Crippen LogP contribution >= 0.6 is 0 Å². The molecule has 0 aliphatic rings. The van der Waals surface area contributed by atoms with Gasteiger partial charge in [0.2, 0.25) is 0 Å². The minimum absolute atomic E-state index is 0.254. The lowest BCUT2D eigenvalue weighted by Gasteiger charge is -1.93. The van der Waals surface area contributed by atoms with Crippen molar-refractivity contribution < 1.29 is 9.90 Å². The molecule has 0 unspecified atom stereocenters. The summed E-state index contributed by atoms with van der Waals surface area (Å²) in [5, 5.41) is 11.9. The predicted octanol–water partition coefficient (Wildman–Crippen LogP) is -0.504. The summed E-state index contributed by atoms with van der Waals surface area (Å²) in [7, 11) is 0. The molecule has 14 heavy (non-hydrogen) atoms. The van der Waals surface area contributed by atoms with Crippen molar-refractivity contribution in [3.8, 4) is 0 Å². The number of nitrogens with two attached hydrogens (primary N) is 3. The molecule has 0 aliphatic carbocycles. The Morgan fingerprint density at radius 2 is 1.79 bits per heavy atom. The van der Waals surface area contributed by atoms with Crippen LogP contribution in [-0.2, 0) is 0 Å². The average molecular weight is 196 g/mol. The fourth-order valence-corrected chi connectivity index (χ4v) is 0.798. The lowest BCUT2D eigenvalue weighted by atomic mass is 10.1. The van der Waals surface area contributed by atoms with E-state index in [9.17, 15) is 4.79 Å². The van der Waals surface area contributed by atoms with E-state index in [1.807, 2.05) is 0 Å². The molecule has 0 fully saturated rings. The number of benzene rings is 1. The van der Waals surface area contributed by atoms with Gasteiger partial charge >= 0.3 is 5.97 Å². The maximum atomic E-state index is 10.4. The van der Waals surface area contributed by atoms with Crippen LogP contribution in [0.25, 0.3) is 0 Å². The van der Waals surface area contributed by atoms with Gasteiger partial charge in [0.25, 0.3) is 0 Å². The molecule has 0 saturated heterocycles. The SMILES string of the molecule is N/N=C\c1ccc(C(=O)O)cc1.NN. The van der Waals surface area contributed by atoms with Crippen molar-refractivity contribution in [3.05, 3.63) is 35.4 Å². The Balaban J connectivity index is 0.000000791. The zero-order valence-corrected chi connectivity index (χ0v) is 7.42. The van der Waals surface area contributed by atoms with Crippen LogP contribution in [0.4, 0.5) is 0 Å². The lowest BCUT2D eigenvalue weighted by molar-refractivity contribution is 0.0697. The highest BCUT2D eigenvalue weighted by Crippen LogP contribution is 2.01. The molecule has 7 N–H and O–H groups in total. The van der Waals surface area contributed by atoms with Gasteiger partial charge in [0.15, 0.2) is 0 Å². The van der Waals surface area contributed by atoms with Crippen LogP contribution in [0.5, 0.6) is 0 Å². The number of hydrazine groups is 1. The zero-order chi connectivity index (χ0) is 11.0. The second-order valence-corrected chi connectivity index (χ2v) is 2.21. The van der Waals surface area contributed by atoms with E-state index < -0.39 is 5.97 Å². The Morgan fingerprint density at radius 3 is 2.14 bits per heavy atom. The van der Waals surface area contributed by atoms with Gasteiger partial charge < -0.3 is 10.9 Å². The van der Waals surface area contributed by atoms with Crippen molar-refractivity contribution in [2.75, 3.05) is 0 Å². The molecule has 0 radical (unpaired) electrons. The highest BCUT2D eigenvalue weighted by Gasteiger charge is 1.99. The van der Waals surface area contributed by atoms with Gasteiger partial charge in [0, 0.05) is 0 Å². The van der Waals surface area contributed by atoms with Gasteiger partial charge in [-0.15, -0.1) is 0 Å². The topological polar surface area (TPSA) is 128 Å². The van der Waals surface area contributed by atoms with Crippen molar-refractivity contribution in [2.45, 2.75) is 0 Å². The number of carboxylic acids is 1. The number of hydrogen-bond acceptors (Lipinski definition) is 5. The maximum absolute atomic E-state index is 10.4. The highest BCUT2D eigenvalue weighted by atomic mass is 16.4. The van der Waals surface area contributed by atoms with Crippen molar-refractivity contribution in [2.24, 2.45) is 22.6 Å². The smallest absolute Gasteiger partial charge is 0.335 e. The molecule has 76 valence electrons. The molecule has 6 nitrogen and oxygen atoms in total. The summed E-state index contributed by atoms with van der Waals surface area (Å²) in [4.78, 5) is 10.4. The number of carbonyl (C=O) groups is 1. The fourth-order valence-electron chi connectivity index (χ4n) is 0.798. The number of hydrazone groups is 1. The maximum Gasteiger partial charge on any atom is 0.335 e. The van der Waals surface area contributed by atoms with Crippen LogP contribution in [-0.4, -0.2) is 17.3 Å². The molecule has 0 heterocycles. The first-order chi connectivity index (χ1) is 6.74. The molecule has 6 heteroatoms. The summed E-state index contributed by atoms with van der Waals surface area (Å²) in [5.74, 6) is 12.0. The van der Waals surface area contributed by atoms with E-state index in [4.69, 9.17) is 10.9 Å². The number of rotatable bonds is 2. The van der Waals surface area contributed by atoms with E-state index in [2.05, 4.69) is 16.8 Å². The number of nitrogens with zero attached hydrogens (tertiary/aromatic N) is 1. The van der Waals surface area contributed by atoms with Crippen molar-refractivity contribution in [1.29, 1.82) is 0 Å². The third-order valence-corrected chi connectivity index (χ3v) is 1.38. The average Bonchev–Trinajstić information content (AvgIpc) is 2.22. The fraction of sp³-hybridized carbons (Fsp3) is 0. The quantitative estimate of drug-likeness (QED) is 0.288. The first-order valence-corrected chi connectivity index (χ1v) is 3.64. The summed E-state index contributed by atoms with van der Waals surface area (Å²) >= 11 is 0. The predicted molar refractivity (Wildman–Crippen MR) is 53.6 cm³/mol. The van der Waals surface area contributed by atoms with Crippen LogP contribution < -0.4 is 17.5 Å². The van der Waals surface area contributed by atoms with Gasteiger partial charge in [0.05, 0.1) is 11.8 Å². The molecule has 1 aromatic rings. The Bertz CT molecular complexity index is 308. The molecule has 0 amide bonds. The van der Waals surface area contributed by atoms with E-state index in [-0.39, 0.29) is 5.56 Å². The third-order valence-electron chi connectivity index (χ3n) is 1.38. The zero-order valence-electron chi connectivity index (χ0n) is 7.42. The summed E-state index contributed by atoms with van der Waals surface area (Å²) in [6.07, 6.45) is 1.45. The summed E-state index contributed by atoms with van der Waals surface area (Å²) in [6.45, 7) is 0. The molecule has 0 aliphatic heterocycles. The molecule has 0 saturated carbocycles. The Morgan fingerprint density at radius 1 is 1.29 bits per heavy atom. The molecular formula is C8H12N4O2. The minimum Gasteiger partial charge on any atom is -0.478 e.